The second-order valence-electron chi connectivity index (χ2n) is 4.41. The Morgan fingerprint density at radius 3 is 2.45 bits per heavy atom. The topological polar surface area (TPSA) is 110 Å². The Hall–Kier alpha value is -2.65. The summed E-state index contributed by atoms with van der Waals surface area (Å²) in [4.78, 5) is 32.7. The molecular formula is C12H11F3N2O5. The molecule has 10 heteroatoms. The molecule has 0 aliphatic rings. The van der Waals surface area contributed by atoms with E-state index in [4.69, 9.17) is 5.11 Å². The number of nitrogens with one attached hydrogen (secondary N) is 1. The summed E-state index contributed by atoms with van der Waals surface area (Å²) in [7, 11) is 0. The van der Waals surface area contributed by atoms with Gasteiger partial charge in [-0.1, -0.05) is 12.1 Å². The van der Waals surface area contributed by atoms with Gasteiger partial charge in [0.1, 0.15) is 11.6 Å². The third kappa shape index (κ3) is 4.43. The van der Waals surface area contributed by atoms with Gasteiger partial charge < -0.3 is 10.4 Å². The number of hydrogen-bond acceptors (Lipinski definition) is 4. The van der Waals surface area contributed by atoms with E-state index in [1.807, 2.05) is 0 Å². The summed E-state index contributed by atoms with van der Waals surface area (Å²) in [5, 5.41) is 21.3. The SMILES string of the molecule is Cc1cccc(C(=O)NC(CC(F)(F)F)C(=O)O)c1[N+](=O)[O-]. The highest BCUT2D eigenvalue weighted by Gasteiger charge is 2.37. The van der Waals surface area contributed by atoms with Crippen LogP contribution in [-0.2, 0) is 4.79 Å². The molecule has 0 radical (unpaired) electrons. The number of hydrogen-bond donors (Lipinski definition) is 2. The minimum absolute atomic E-state index is 0.125. The Morgan fingerprint density at radius 1 is 1.41 bits per heavy atom. The molecule has 0 aliphatic carbocycles. The number of amides is 1. The van der Waals surface area contributed by atoms with E-state index in [-0.39, 0.29) is 5.56 Å². The highest BCUT2D eigenvalue weighted by Crippen LogP contribution is 2.25. The van der Waals surface area contributed by atoms with E-state index in [2.05, 4.69) is 0 Å². The van der Waals surface area contributed by atoms with Crippen molar-refractivity contribution in [3.05, 3.63) is 39.4 Å². The van der Waals surface area contributed by atoms with Crippen molar-refractivity contribution in [3.8, 4) is 0 Å². The number of alkyl halides is 3. The molecule has 1 amide bonds. The molecule has 0 saturated heterocycles. The van der Waals surface area contributed by atoms with Crippen molar-refractivity contribution >= 4 is 17.6 Å². The Kier molecular flexibility index (Phi) is 5.07. The summed E-state index contributed by atoms with van der Waals surface area (Å²) < 4.78 is 36.8. The van der Waals surface area contributed by atoms with Crippen molar-refractivity contribution in [2.45, 2.75) is 25.6 Å². The lowest BCUT2D eigenvalue weighted by Crippen LogP contribution is -2.43. The highest BCUT2D eigenvalue weighted by molar-refractivity contribution is 6.00. The Labute approximate surface area is 121 Å². The molecule has 120 valence electrons. The number of carbonyl (C=O) groups excluding carboxylic acids is 1. The first-order chi connectivity index (χ1) is 10.0. The summed E-state index contributed by atoms with van der Waals surface area (Å²) in [5.41, 5.74) is -0.963. The second kappa shape index (κ2) is 6.41. The van der Waals surface area contributed by atoms with Gasteiger partial charge in [-0.25, -0.2) is 4.79 Å². The maximum Gasteiger partial charge on any atom is 0.391 e. The number of nitro benzene ring substituents is 1. The maximum atomic E-state index is 12.3. The molecule has 1 aromatic rings. The monoisotopic (exact) mass is 320 g/mol. The molecule has 0 aliphatic heterocycles. The Bertz CT molecular complexity index is 615. The Morgan fingerprint density at radius 2 is 2.00 bits per heavy atom. The quantitative estimate of drug-likeness (QED) is 0.637. The van der Waals surface area contributed by atoms with Gasteiger partial charge in [-0.15, -0.1) is 0 Å². The number of aryl methyl sites for hydroxylation is 1. The first-order valence-corrected chi connectivity index (χ1v) is 5.87. The zero-order valence-corrected chi connectivity index (χ0v) is 11.2. The summed E-state index contributed by atoms with van der Waals surface area (Å²) in [6.45, 7) is 1.35. The number of nitrogens with zero attached hydrogens (tertiary/aromatic N) is 1. The van der Waals surface area contributed by atoms with E-state index in [0.717, 1.165) is 6.07 Å². The van der Waals surface area contributed by atoms with Crippen LogP contribution < -0.4 is 5.32 Å². The molecule has 1 unspecified atom stereocenters. The summed E-state index contributed by atoms with van der Waals surface area (Å²) in [6.07, 6.45) is -6.59. The van der Waals surface area contributed by atoms with Crippen LogP contribution in [0.25, 0.3) is 0 Å². The molecule has 1 rings (SSSR count). The van der Waals surface area contributed by atoms with Crippen molar-refractivity contribution in [1.82, 2.24) is 5.32 Å². The third-order valence-electron chi connectivity index (χ3n) is 2.70. The molecule has 0 aromatic heterocycles. The van der Waals surface area contributed by atoms with Gasteiger partial charge in [0.05, 0.1) is 11.3 Å². The van der Waals surface area contributed by atoms with E-state index in [1.54, 1.807) is 5.32 Å². The number of nitro groups is 1. The van der Waals surface area contributed by atoms with Crippen LogP contribution in [0.3, 0.4) is 0 Å². The lowest BCUT2D eigenvalue weighted by molar-refractivity contribution is -0.385. The predicted octanol–water partition coefficient (Wildman–Crippen LogP) is 2.04. The van der Waals surface area contributed by atoms with Crippen LogP contribution in [0.15, 0.2) is 18.2 Å². The predicted molar refractivity (Wildman–Crippen MR) is 67.4 cm³/mol. The van der Waals surface area contributed by atoms with Crippen LogP contribution in [0.1, 0.15) is 22.3 Å². The van der Waals surface area contributed by atoms with E-state index in [1.165, 1.54) is 19.1 Å². The third-order valence-corrected chi connectivity index (χ3v) is 2.70. The number of carboxylic acid groups (broad SMARTS) is 1. The number of rotatable bonds is 5. The molecule has 0 heterocycles. The molecule has 7 nitrogen and oxygen atoms in total. The zero-order chi connectivity index (χ0) is 17.1. The standard InChI is InChI=1S/C12H11F3N2O5/c1-6-3-2-4-7(9(6)17(21)22)10(18)16-8(11(19)20)5-12(13,14)15/h2-4,8H,5H2,1H3,(H,16,18)(H,19,20). The maximum absolute atomic E-state index is 12.3. The van der Waals surface area contributed by atoms with Crippen LogP contribution in [-0.4, -0.2) is 34.1 Å². The average Bonchev–Trinajstić information content (AvgIpc) is 2.35. The van der Waals surface area contributed by atoms with E-state index < -0.39 is 46.7 Å². The van der Waals surface area contributed by atoms with Gasteiger partial charge in [-0.2, -0.15) is 13.2 Å². The van der Waals surface area contributed by atoms with Gasteiger partial charge in [-0.05, 0) is 13.0 Å². The summed E-state index contributed by atoms with van der Waals surface area (Å²) in [5.74, 6) is -3.15. The van der Waals surface area contributed by atoms with Gasteiger partial charge in [0.2, 0.25) is 0 Å². The van der Waals surface area contributed by atoms with Crippen LogP contribution in [0, 0.1) is 17.0 Å². The molecule has 0 spiro atoms. The highest BCUT2D eigenvalue weighted by atomic mass is 19.4. The fourth-order valence-corrected chi connectivity index (χ4v) is 1.75. The molecule has 2 N–H and O–H groups in total. The summed E-state index contributed by atoms with van der Waals surface area (Å²) in [6, 6.07) is 1.45. The van der Waals surface area contributed by atoms with E-state index in [9.17, 15) is 32.9 Å². The number of aliphatic carboxylic acids is 1. The van der Waals surface area contributed by atoms with Crippen LogP contribution in [0.2, 0.25) is 0 Å². The lowest BCUT2D eigenvalue weighted by atomic mass is 10.1. The van der Waals surface area contributed by atoms with Crippen molar-refractivity contribution in [1.29, 1.82) is 0 Å². The van der Waals surface area contributed by atoms with Crippen molar-refractivity contribution in [2.75, 3.05) is 0 Å². The van der Waals surface area contributed by atoms with Gasteiger partial charge in [0.25, 0.3) is 11.6 Å². The molecular weight excluding hydrogens is 309 g/mol. The van der Waals surface area contributed by atoms with Crippen molar-refractivity contribution in [2.24, 2.45) is 0 Å². The zero-order valence-electron chi connectivity index (χ0n) is 11.2. The molecule has 1 aromatic carbocycles. The molecule has 1 atom stereocenters. The van der Waals surface area contributed by atoms with Gasteiger partial charge in [-0.3, -0.25) is 14.9 Å². The molecule has 0 fully saturated rings. The number of para-hydroxylation sites is 1. The fourth-order valence-electron chi connectivity index (χ4n) is 1.75. The van der Waals surface area contributed by atoms with Crippen molar-refractivity contribution in [3.63, 3.8) is 0 Å². The second-order valence-corrected chi connectivity index (χ2v) is 4.41. The van der Waals surface area contributed by atoms with Crippen LogP contribution >= 0.6 is 0 Å². The van der Waals surface area contributed by atoms with Gasteiger partial charge in [0.15, 0.2) is 0 Å². The lowest BCUT2D eigenvalue weighted by Gasteiger charge is -2.16. The van der Waals surface area contributed by atoms with Gasteiger partial charge in [0, 0.05) is 5.56 Å². The minimum Gasteiger partial charge on any atom is -0.480 e. The normalized spacial score (nSPS) is 12.5. The van der Waals surface area contributed by atoms with Crippen molar-refractivity contribution < 1.29 is 32.8 Å². The number of carboxylic acids is 1. The van der Waals surface area contributed by atoms with E-state index in [0.29, 0.717) is 0 Å². The summed E-state index contributed by atoms with van der Waals surface area (Å²) >= 11 is 0. The smallest absolute Gasteiger partial charge is 0.391 e. The minimum atomic E-state index is -4.81. The molecule has 0 saturated carbocycles. The fraction of sp³-hybridized carbons (Fsp3) is 0.333. The van der Waals surface area contributed by atoms with Gasteiger partial charge >= 0.3 is 12.1 Å². The van der Waals surface area contributed by atoms with Crippen LogP contribution in [0.5, 0.6) is 0 Å². The first kappa shape index (κ1) is 17.4. The Balaban J connectivity index is 3.09. The number of halogens is 3. The number of carbonyl (C=O) groups is 2. The number of benzene rings is 1. The first-order valence-electron chi connectivity index (χ1n) is 5.87. The van der Waals surface area contributed by atoms with E-state index >= 15 is 0 Å². The largest absolute Gasteiger partial charge is 0.480 e. The average molecular weight is 320 g/mol. The molecule has 0 bridgehead atoms. The van der Waals surface area contributed by atoms with Crippen LogP contribution in [0.4, 0.5) is 18.9 Å². The molecule has 22 heavy (non-hydrogen) atoms.